The fraction of sp³-hybridized carbons (Fsp3) is 0.412. The highest BCUT2D eigenvalue weighted by Crippen LogP contribution is 2.29. The van der Waals surface area contributed by atoms with Crippen molar-refractivity contribution in [3.8, 4) is 11.3 Å². The monoisotopic (exact) mass is 303 g/mol. The molecule has 0 aliphatic carbocycles. The van der Waals surface area contributed by atoms with E-state index in [9.17, 15) is 0 Å². The molecule has 1 aromatic heterocycles. The lowest BCUT2D eigenvalue weighted by Gasteiger charge is -2.14. The second kappa shape index (κ2) is 6.90. The molecule has 3 nitrogen and oxygen atoms in total. The Kier molecular flexibility index (Phi) is 5.18. The van der Waals surface area contributed by atoms with Gasteiger partial charge in [-0.2, -0.15) is 0 Å². The molecular weight excluding hydrogens is 282 g/mol. The van der Waals surface area contributed by atoms with Gasteiger partial charge in [-0.3, -0.25) is 0 Å². The lowest BCUT2D eigenvalue weighted by molar-refractivity contribution is 0.833. The molecule has 21 heavy (non-hydrogen) atoms. The molecule has 2 rings (SSSR count). The number of aryl methyl sites for hydroxylation is 2. The first kappa shape index (κ1) is 15.8. The van der Waals surface area contributed by atoms with Crippen LogP contribution in [0.4, 0.5) is 5.82 Å². The van der Waals surface area contributed by atoms with E-state index in [1.165, 1.54) is 0 Å². The van der Waals surface area contributed by atoms with Gasteiger partial charge in [-0.25, -0.2) is 9.97 Å². The average molecular weight is 304 g/mol. The SMILES string of the molecule is CCCc1nc(NCC)c(C)c(-c2ccc(C)c(Cl)c2)n1. The maximum Gasteiger partial charge on any atom is 0.133 e. The van der Waals surface area contributed by atoms with E-state index in [4.69, 9.17) is 16.6 Å². The van der Waals surface area contributed by atoms with Crippen molar-refractivity contribution in [2.45, 2.75) is 40.5 Å². The Balaban J connectivity index is 2.56. The third-order valence-corrected chi connectivity index (χ3v) is 3.86. The minimum atomic E-state index is 0.771. The average Bonchev–Trinajstić information content (AvgIpc) is 2.46. The maximum atomic E-state index is 6.26. The summed E-state index contributed by atoms with van der Waals surface area (Å²) in [7, 11) is 0. The summed E-state index contributed by atoms with van der Waals surface area (Å²) in [5.74, 6) is 1.80. The summed E-state index contributed by atoms with van der Waals surface area (Å²) in [4.78, 5) is 9.36. The largest absolute Gasteiger partial charge is 0.370 e. The van der Waals surface area contributed by atoms with Crippen molar-refractivity contribution in [2.75, 3.05) is 11.9 Å². The Labute approximate surface area is 131 Å². The van der Waals surface area contributed by atoms with E-state index < -0.39 is 0 Å². The third kappa shape index (κ3) is 3.53. The Morgan fingerprint density at radius 1 is 1.14 bits per heavy atom. The standard InChI is InChI=1S/C17H22ClN3/c1-5-7-15-20-16(12(4)17(21-15)19-6-2)13-9-8-11(3)14(18)10-13/h8-10H,5-7H2,1-4H3,(H,19,20,21). The van der Waals surface area contributed by atoms with E-state index in [0.29, 0.717) is 0 Å². The number of nitrogens with zero attached hydrogens (tertiary/aromatic N) is 2. The number of halogens is 1. The molecule has 0 bridgehead atoms. The second-order valence-electron chi connectivity index (χ2n) is 5.21. The normalized spacial score (nSPS) is 10.7. The molecule has 2 aromatic rings. The minimum absolute atomic E-state index is 0.771. The van der Waals surface area contributed by atoms with Crippen LogP contribution in [-0.4, -0.2) is 16.5 Å². The molecule has 0 aliphatic heterocycles. The molecular formula is C17H22ClN3. The highest BCUT2D eigenvalue weighted by atomic mass is 35.5. The molecule has 0 unspecified atom stereocenters. The maximum absolute atomic E-state index is 6.26. The summed E-state index contributed by atoms with van der Waals surface area (Å²) in [6.07, 6.45) is 1.91. The van der Waals surface area contributed by atoms with E-state index in [1.54, 1.807) is 0 Å². The molecule has 0 spiro atoms. The van der Waals surface area contributed by atoms with E-state index in [1.807, 2.05) is 19.1 Å². The zero-order chi connectivity index (χ0) is 15.4. The minimum Gasteiger partial charge on any atom is -0.370 e. The number of rotatable bonds is 5. The van der Waals surface area contributed by atoms with Gasteiger partial charge in [0, 0.05) is 29.1 Å². The van der Waals surface area contributed by atoms with E-state index in [2.05, 4.69) is 37.1 Å². The zero-order valence-electron chi connectivity index (χ0n) is 13.1. The van der Waals surface area contributed by atoms with Gasteiger partial charge in [-0.15, -0.1) is 0 Å². The summed E-state index contributed by atoms with van der Waals surface area (Å²) >= 11 is 6.26. The summed E-state index contributed by atoms with van der Waals surface area (Å²) in [6.45, 7) is 9.11. The van der Waals surface area contributed by atoms with Crippen LogP contribution in [0.2, 0.25) is 5.02 Å². The lowest BCUT2D eigenvalue weighted by Crippen LogP contribution is -2.08. The van der Waals surface area contributed by atoms with Gasteiger partial charge in [-0.05, 0) is 38.8 Å². The predicted octanol–water partition coefficient (Wildman–Crippen LogP) is 4.80. The number of aromatic nitrogens is 2. The van der Waals surface area contributed by atoms with Crippen molar-refractivity contribution in [1.82, 2.24) is 9.97 Å². The molecule has 0 saturated carbocycles. The van der Waals surface area contributed by atoms with Crippen LogP contribution < -0.4 is 5.32 Å². The van der Waals surface area contributed by atoms with Gasteiger partial charge in [0.25, 0.3) is 0 Å². The highest BCUT2D eigenvalue weighted by Gasteiger charge is 2.12. The van der Waals surface area contributed by atoms with Crippen LogP contribution in [0.1, 0.15) is 37.2 Å². The van der Waals surface area contributed by atoms with Crippen LogP contribution in [0.3, 0.4) is 0 Å². The first-order valence-corrected chi connectivity index (χ1v) is 7.82. The molecule has 0 aliphatic rings. The van der Waals surface area contributed by atoms with Crippen LogP contribution in [0.15, 0.2) is 18.2 Å². The van der Waals surface area contributed by atoms with E-state index in [0.717, 1.165) is 58.4 Å². The first-order chi connectivity index (χ1) is 10.1. The van der Waals surface area contributed by atoms with Gasteiger partial charge in [0.05, 0.1) is 5.69 Å². The fourth-order valence-electron chi connectivity index (χ4n) is 2.26. The molecule has 0 saturated heterocycles. The van der Waals surface area contributed by atoms with Crippen molar-refractivity contribution in [3.05, 3.63) is 40.2 Å². The van der Waals surface area contributed by atoms with Crippen molar-refractivity contribution < 1.29 is 0 Å². The Bertz CT molecular complexity index is 638. The summed E-state index contributed by atoms with van der Waals surface area (Å²) < 4.78 is 0. The Hall–Kier alpha value is -1.61. The first-order valence-electron chi connectivity index (χ1n) is 7.44. The van der Waals surface area contributed by atoms with Crippen LogP contribution in [0.25, 0.3) is 11.3 Å². The second-order valence-corrected chi connectivity index (χ2v) is 5.61. The number of hydrogen-bond acceptors (Lipinski definition) is 3. The van der Waals surface area contributed by atoms with Gasteiger partial charge in [0.2, 0.25) is 0 Å². The van der Waals surface area contributed by atoms with E-state index >= 15 is 0 Å². The van der Waals surface area contributed by atoms with Crippen molar-refractivity contribution in [3.63, 3.8) is 0 Å². The van der Waals surface area contributed by atoms with Gasteiger partial charge in [0.1, 0.15) is 11.6 Å². The Morgan fingerprint density at radius 2 is 1.90 bits per heavy atom. The van der Waals surface area contributed by atoms with Crippen molar-refractivity contribution >= 4 is 17.4 Å². The van der Waals surface area contributed by atoms with Crippen molar-refractivity contribution in [2.24, 2.45) is 0 Å². The van der Waals surface area contributed by atoms with E-state index in [-0.39, 0.29) is 0 Å². The molecule has 112 valence electrons. The lowest BCUT2D eigenvalue weighted by atomic mass is 10.1. The summed E-state index contributed by atoms with van der Waals surface area (Å²) in [6, 6.07) is 6.09. The molecule has 1 aromatic carbocycles. The fourth-order valence-corrected chi connectivity index (χ4v) is 2.44. The van der Waals surface area contributed by atoms with Gasteiger partial charge in [0.15, 0.2) is 0 Å². The smallest absolute Gasteiger partial charge is 0.133 e. The zero-order valence-corrected chi connectivity index (χ0v) is 13.9. The molecule has 0 atom stereocenters. The molecule has 0 fully saturated rings. The number of hydrogen-bond donors (Lipinski definition) is 1. The van der Waals surface area contributed by atoms with Crippen molar-refractivity contribution in [1.29, 1.82) is 0 Å². The number of benzene rings is 1. The summed E-state index contributed by atoms with van der Waals surface area (Å²) in [5, 5.41) is 4.10. The van der Waals surface area contributed by atoms with Gasteiger partial charge >= 0.3 is 0 Å². The molecule has 0 amide bonds. The summed E-state index contributed by atoms with van der Waals surface area (Å²) in [5.41, 5.74) is 4.15. The third-order valence-electron chi connectivity index (χ3n) is 3.46. The van der Waals surface area contributed by atoms with Crippen LogP contribution >= 0.6 is 11.6 Å². The predicted molar refractivity (Wildman–Crippen MR) is 90.1 cm³/mol. The van der Waals surface area contributed by atoms with Crippen LogP contribution in [-0.2, 0) is 6.42 Å². The molecule has 4 heteroatoms. The Morgan fingerprint density at radius 3 is 2.52 bits per heavy atom. The molecule has 0 radical (unpaired) electrons. The van der Waals surface area contributed by atoms with Crippen LogP contribution in [0, 0.1) is 13.8 Å². The van der Waals surface area contributed by atoms with Gasteiger partial charge < -0.3 is 5.32 Å². The molecule has 1 N–H and O–H groups in total. The van der Waals surface area contributed by atoms with Crippen LogP contribution in [0.5, 0.6) is 0 Å². The topological polar surface area (TPSA) is 37.8 Å². The highest BCUT2D eigenvalue weighted by molar-refractivity contribution is 6.31. The quantitative estimate of drug-likeness (QED) is 0.862. The number of anilines is 1. The van der Waals surface area contributed by atoms with Gasteiger partial charge in [-0.1, -0.05) is 30.7 Å². The molecule has 1 heterocycles. The number of nitrogens with one attached hydrogen (secondary N) is 1.